The molecule has 1 heterocycles. The third-order valence-corrected chi connectivity index (χ3v) is 5.13. The first-order valence-electron chi connectivity index (χ1n) is 7.22. The van der Waals surface area contributed by atoms with Crippen LogP contribution in [0.1, 0.15) is 46.0 Å². The molecule has 0 aromatic heterocycles. The second-order valence-electron chi connectivity index (χ2n) is 5.44. The van der Waals surface area contributed by atoms with Crippen molar-refractivity contribution in [1.29, 1.82) is 0 Å². The summed E-state index contributed by atoms with van der Waals surface area (Å²) in [7, 11) is 2.23. The van der Waals surface area contributed by atoms with Gasteiger partial charge in [0.05, 0.1) is 0 Å². The molecule has 0 saturated carbocycles. The van der Waals surface area contributed by atoms with Crippen LogP contribution in [0.5, 0.6) is 0 Å². The average Bonchev–Trinajstić information content (AvgIpc) is 2.34. The zero-order valence-corrected chi connectivity index (χ0v) is 12.6. The molecule has 3 atom stereocenters. The van der Waals surface area contributed by atoms with Crippen LogP contribution >= 0.6 is 11.8 Å². The summed E-state index contributed by atoms with van der Waals surface area (Å²) in [5.41, 5.74) is 6.43. The molecule has 0 radical (unpaired) electrons. The topological polar surface area (TPSA) is 29.3 Å². The summed E-state index contributed by atoms with van der Waals surface area (Å²) in [6, 6.07) is 0.971. The minimum atomic E-state index is 0.370. The van der Waals surface area contributed by atoms with E-state index in [2.05, 4.69) is 37.6 Å². The van der Waals surface area contributed by atoms with Crippen molar-refractivity contribution in [2.75, 3.05) is 25.1 Å². The van der Waals surface area contributed by atoms with Crippen molar-refractivity contribution in [2.45, 2.75) is 58.0 Å². The largest absolute Gasteiger partial charge is 0.326 e. The molecule has 0 aliphatic carbocycles. The molecule has 0 spiro atoms. The Kier molecular flexibility index (Phi) is 7.56. The molecule has 3 heteroatoms. The highest BCUT2D eigenvalue weighted by Crippen LogP contribution is 2.23. The monoisotopic (exact) mass is 258 g/mol. The molecule has 1 rings (SSSR count). The lowest BCUT2D eigenvalue weighted by Crippen LogP contribution is -2.51. The van der Waals surface area contributed by atoms with E-state index in [-0.39, 0.29) is 0 Å². The molecule has 102 valence electrons. The number of nitrogens with zero attached hydrogens (tertiary/aromatic N) is 1. The van der Waals surface area contributed by atoms with E-state index < -0.39 is 0 Å². The molecule has 0 aromatic carbocycles. The van der Waals surface area contributed by atoms with Gasteiger partial charge < -0.3 is 10.6 Å². The van der Waals surface area contributed by atoms with Gasteiger partial charge in [-0.25, -0.2) is 0 Å². The van der Waals surface area contributed by atoms with E-state index >= 15 is 0 Å². The fourth-order valence-corrected chi connectivity index (χ4v) is 4.01. The van der Waals surface area contributed by atoms with Gasteiger partial charge in [-0.15, -0.1) is 0 Å². The first-order chi connectivity index (χ1) is 8.19. The smallest absolute Gasteiger partial charge is 0.0335 e. The molecule has 3 unspecified atom stereocenters. The van der Waals surface area contributed by atoms with Crippen LogP contribution in [-0.4, -0.2) is 42.1 Å². The van der Waals surface area contributed by atoms with E-state index in [9.17, 15) is 0 Å². The Morgan fingerprint density at radius 3 is 2.76 bits per heavy atom. The van der Waals surface area contributed by atoms with Crippen molar-refractivity contribution >= 4 is 11.8 Å². The van der Waals surface area contributed by atoms with Gasteiger partial charge in [-0.2, -0.15) is 11.8 Å². The van der Waals surface area contributed by atoms with E-state index in [4.69, 9.17) is 5.73 Å². The van der Waals surface area contributed by atoms with Gasteiger partial charge in [0.25, 0.3) is 0 Å². The van der Waals surface area contributed by atoms with Crippen LogP contribution in [0.25, 0.3) is 0 Å². The Hall–Kier alpha value is 0.270. The van der Waals surface area contributed by atoms with Crippen LogP contribution < -0.4 is 5.73 Å². The van der Waals surface area contributed by atoms with E-state index in [1.54, 1.807) is 0 Å². The van der Waals surface area contributed by atoms with Crippen LogP contribution in [-0.2, 0) is 0 Å². The fraction of sp³-hybridized carbons (Fsp3) is 1.00. The van der Waals surface area contributed by atoms with Crippen LogP contribution in [0.4, 0.5) is 0 Å². The summed E-state index contributed by atoms with van der Waals surface area (Å²) in [6.45, 7) is 5.79. The van der Waals surface area contributed by atoms with Crippen LogP contribution in [0.3, 0.4) is 0 Å². The number of nitrogens with two attached hydrogens (primary N) is 1. The van der Waals surface area contributed by atoms with E-state index in [0.717, 1.165) is 5.92 Å². The third-order valence-electron chi connectivity index (χ3n) is 4.09. The summed E-state index contributed by atoms with van der Waals surface area (Å²) in [5, 5.41) is 0. The molecule has 1 saturated heterocycles. The summed E-state index contributed by atoms with van der Waals surface area (Å²) in [5.74, 6) is 3.33. The molecular weight excluding hydrogens is 228 g/mol. The zero-order chi connectivity index (χ0) is 12.7. The molecule has 2 nitrogen and oxygen atoms in total. The molecule has 17 heavy (non-hydrogen) atoms. The average molecular weight is 258 g/mol. The number of thioether (sulfide) groups is 1. The normalized spacial score (nSPS) is 25.8. The van der Waals surface area contributed by atoms with Crippen LogP contribution in [0, 0.1) is 5.92 Å². The summed E-state index contributed by atoms with van der Waals surface area (Å²) in [6.07, 6.45) is 6.54. The number of hydrogen-bond acceptors (Lipinski definition) is 3. The number of unbranched alkanes of at least 4 members (excludes halogenated alkanes) is 1. The lowest BCUT2D eigenvalue weighted by Gasteiger charge is -2.37. The fourth-order valence-electron chi connectivity index (χ4n) is 2.68. The number of rotatable bonds is 7. The number of likely N-dealkylation sites (N-methyl/N-ethyl adjacent to an activating group) is 1. The van der Waals surface area contributed by atoms with Crippen LogP contribution in [0.15, 0.2) is 0 Å². The third kappa shape index (κ3) is 5.19. The maximum Gasteiger partial charge on any atom is 0.0335 e. The molecule has 0 amide bonds. The highest BCUT2D eigenvalue weighted by molar-refractivity contribution is 7.99. The minimum Gasteiger partial charge on any atom is -0.326 e. The van der Waals surface area contributed by atoms with Crippen molar-refractivity contribution in [3.8, 4) is 0 Å². The highest BCUT2D eigenvalue weighted by atomic mass is 32.2. The molecule has 1 fully saturated rings. The van der Waals surface area contributed by atoms with Gasteiger partial charge in [-0.1, -0.05) is 39.5 Å². The van der Waals surface area contributed by atoms with Gasteiger partial charge in [0, 0.05) is 30.1 Å². The lowest BCUT2D eigenvalue weighted by atomic mass is 9.89. The first kappa shape index (κ1) is 15.3. The molecule has 2 N–H and O–H groups in total. The molecular formula is C14H30N2S. The SMILES string of the molecule is CCCCC(CC)CC(N)C1CSCCN1C. The van der Waals surface area contributed by atoms with Crippen molar-refractivity contribution in [2.24, 2.45) is 11.7 Å². The maximum atomic E-state index is 6.43. The predicted octanol–water partition coefficient (Wildman–Crippen LogP) is 2.97. The lowest BCUT2D eigenvalue weighted by molar-refractivity contribution is 0.213. The summed E-state index contributed by atoms with van der Waals surface area (Å²) in [4.78, 5) is 2.47. The van der Waals surface area contributed by atoms with E-state index in [0.29, 0.717) is 12.1 Å². The van der Waals surface area contributed by atoms with E-state index in [1.165, 1.54) is 50.2 Å². The molecule has 1 aliphatic rings. The van der Waals surface area contributed by atoms with Crippen molar-refractivity contribution in [1.82, 2.24) is 4.90 Å². The second-order valence-corrected chi connectivity index (χ2v) is 6.59. The zero-order valence-electron chi connectivity index (χ0n) is 11.8. The minimum absolute atomic E-state index is 0.370. The van der Waals surface area contributed by atoms with Gasteiger partial charge in [0.2, 0.25) is 0 Å². The summed E-state index contributed by atoms with van der Waals surface area (Å²) < 4.78 is 0. The van der Waals surface area contributed by atoms with Crippen LogP contribution in [0.2, 0.25) is 0 Å². The molecule has 0 bridgehead atoms. The Bertz CT molecular complexity index is 199. The van der Waals surface area contributed by atoms with Gasteiger partial charge in [0.1, 0.15) is 0 Å². The Labute approximate surface area is 112 Å². The molecule has 0 aromatic rings. The van der Waals surface area contributed by atoms with Gasteiger partial charge >= 0.3 is 0 Å². The predicted molar refractivity (Wildman–Crippen MR) is 79.6 cm³/mol. The number of hydrogen-bond donors (Lipinski definition) is 1. The quantitative estimate of drug-likeness (QED) is 0.761. The van der Waals surface area contributed by atoms with E-state index in [1.807, 2.05) is 0 Å². The second kappa shape index (κ2) is 8.39. The Balaban J connectivity index is 2.36. The van der Waals surface area contributed by atoms with Crippen molar-refractivity contribution in [3.05, 3.63) is 0 Å². The van der Waals surface area contributed by atoms with Crippen molar-refractivity contribution in [3.63, 3.8) is 0 Å². The summed E-state index contributed by atoms with van der Waals surface area (Å²) >= 11 is 2.07. The van der Waals surface area contributed by atoms with Gasteiger partial charge in [0.15, 0.2) is 0 Å². The Morgan fingerprint density at radius 2 is 2.18 bits per heavy atom. The standard InChI is InChI=1S/C14H30N2S/c1-4-6-7-12(5-2)10-13(15)14-11-17-9-8-16(14)3/h12-14H,4-11,15H2,1-3H3. The van der Waals surface area contributed by atoms with Gasteiger partial charge in [-0.3, -0.25) is 0 Å². The maximum absolute atomic E-state index is 6.43. The Morgan fingerprint density at radius 1 is 1.41 bits per heavy atom. The molecule has 1 aliphatic heterocycles. The van der Waals surface area contributed by atoms with Gasteiger partial charge in [-0.05, 0) is 19.4 Å². The highest BCUT2D eigenvalue weighted by Gasteiger charge is 2.26. The van der Waals surface area contributed by atoms with Crippen molar-refractivity contribution < 1.29 is 0 Å². The first-order valence-corrected chi connectivity index (χ1v) is 8.38.